The fraction of sp³-hybridized carbons (Fsp3) is 0.455. The van der Waals surface area contributed by atoms with Gasteiger partial charge in [0.15, 0.2) is 0 Å². The van der Waals surface area contributed by atoms with Crippen LogP contribution in [0, 0.1) is 0 Å². The van der Waals surface area contributed by atoms with E-state index in [4.69, 9.17) is 9.05 Å². The molecule has 0 bridgehead atoms. The van der Waals surface area contributed by atoms with Gasteiger partial charge in [-0.2, -0.15) is 0 Å². The van der Waals surface area contributed by atoms with Crippen LogP contribution in [0.4, 0.5) is 0 Å². The molecule has 4 nitrogen and oxygen atoms in total. The van der Waals surface area contributed by atoms with Gasteiger partial charge in [0.25, 0.3) is 0 Å². The molecule has 2 aromatic carbocycles. The van der Waals surface area contributed by atoms with Crippen LogP contribution in [0.15, 0.2) is 60.7 Å². The molecule has 0 spiro atoms. The average Bonchev–Trinajstić information content (AvgIpc) is 2.70. The first-order chi connectivity index (χ1) is 13.2. The molecule has 0 saturated carbocycles. The van der Waals surface area contributed by atoms with Crippen LogP contribution in [0.2, 0.25) is 0 Å². The molecule has 0 fully saturated rings. The van der Waals surface area contributed by atoms with E-state index in [1.54, 1.807) is 0 Å². The van der Waals surface area contributed by atoms with Gasteiger partial charge < -0.3 is 9.05 Å². The summed E-state index contributed by atoms with van der Waals surface area (Å²) < 4.78 is 25.6. The number of hydrogen-bond donors (Lipinski definition) is 1. The van der Waals surface area contributed by atoms with Crippen LogP contribution in [0.5, 0.6) is 0 Å². The van der Waals surface area contributed by atoms with Gasteiger partial charge in [-0.15, -0.1) is 0 Å². The van der Waals surface area contributed by atoms with Crippen molar-refractivity contribution in [2.75, 3.05) is 13.2 Å². The minimum Gasteiger partial charge on any atom is -0.307 e. The fourth-order valence-corrected chi connectivity index (χ4v) is 4.71. The van der Waals surface area contributed by atoms with Crippen molar-refractivity contribution in [1.82, 2.24) is 5.32 Å². The second kappa shape index (κ2) is 12.1. The van der Waals surface area contributed by atoms with Crippen LogP contribution in [0.25, 0.3) is 0 Å². The largest absolute Gasteiger partial charge is 0.351 e. The van der Waals surface area contributed by atoms with Crippen molar-refractivity contribution in [3.63, 3.8) is 0 Å². The van der Waals surface area contributed by atoms with Crippen LogP contribution in [-0.4, -0.2) is 13.2 Å². The molecule has 148 valence electrons. The first-order valence-corrected chi connectivity index (χ1v) is 11.5. The predicted octanol–water partition coefficient (Wildman–Crippen LogP) is 6.30. The Kier molecular flexibility index (Phi) is 9.79. The Labute approximate surface area is 163 Å². The van der Waals surface area contributed by atoms with E-state index < -0.39 is 13.4 Å². The number of benzene rings is 2. The fourth-order valence-electron chi connectivity index (χ4n) is 2.72. The Morgan fingerprint density at radius 3 is 1.89 bits per heavy atom. The van der Waals surface area contributed by atoms with Crippen LogP contribution in [-0.2, 0) is 20.2 Å². The molecule has 0 aliphatic heterocycles. The summed E-state index contributed by atoms with van der Waals surface area (Å²) in [6.07, 6.45) is 3.70. The van der Waals surface area contributed by atoms with E-state index in [1.807, 2.05) is 48.5 Å². The molecule has 0 unspecified atom stereocenters. The van der Waals surface area contributed by atoms with E-state index >= 15 is 0 Å². The van der Waals surface area contributed by atoms with Gasteiger partial charge in [-0.25, -0.2) is 0 Å². The molecule has 1 atom stereocenters. The third-order valence-corrected chi connectivity index (χ3v) is 6.51. The molecule has 1 N–H and O–H groups in total. The first-order valence-electron chi connectivity index (χ1n) is 9.90. The Morgan fingerprint density at radius 2 is 1.37 bits per heavy atom. The summed E-state index contributed by atoms with van der Waals surface area (Å²) in [7, 11) is -3.36. The van der Waals surface area contributed by atoms with Crippen molar-refractivity contribution in [1.29, 1.82) is 0 Å². The SMILES string of the molecule is CCCCOP(=O)(OCCCC)[C@@H](NCc1ccccc1)c1ccccc1. The first kappa shape index (κ1) is 21.8. The third kappa shape index (κ3) is 7.23. The maximum Gasteiger partial charge on any atom is 0.351 e. The summed E-state index contributed by atoms with van der Waals surface area (Å²) in [5, 5.41) is 3.43. The Morgan fingerprint density at radius 1 is 0.852 bits per heavy atom. The second-order valence-corrected chi connectivity index (χ2v) is 8.71. The maximum absolute atomic E-state index is 13.8. The summed E-state index contributed by atoms with van der Waals surface area (Å²) in [4.78, 5) is 0. The lowest BCUT2D eigenvalue weighted by Crippen LogP contribution is -2.23. The lowest BCUT2D eigenvalue weighted by Gasteiger charge is -2.28. The number of nitrogens with one attached hydrogen (secondary N) is 1. The smallest absolute Gasteiger partial charge is 0.307 e. The van der Waals surface area contributed by atoms with Crippen molar-refractivity contribution < 1.29 is 13.6 Å². The summed E-state index contributed by atoms with van der Waals surface area (Å²) in [5.74, 6) is -0.493. The molecule has 0 saturated heterocycles. The Balaban J connectivity index is 2.23. The van der Waals surface area contributed by atoms with E-state index in [-0.39, 0.29) is 0 Å². The van der Waals surface area contributed by atoms with Crippen molar-refractivity contribution >= 4 is 7.60 Å². The van der Waals surface area contributed by atoms with Crippen molar-refractivity contribution in [3.05, 3.63) is 71.8 Å². The van der Waals surface area contributed by atoms with Gasteiger partial charge in [0.2, 0.25) is 0 Å². The highest BCUT2D eigenvalue weighted by Gasteiger charge is 2.37. The normalized spacial score (nSPS) is 12.8. The molecule has 0 amide bonds. The standard InChI is InChI=1S/C22H32NO3P/c1-3-5-17-25-27(24,26-18-6-4-2)22(21-15-11-8-12-16-21)23-19-20-13-9-7-10-14-20/h7-16,22-23H,3-6,17-19H2,1-2H3/t22-/m1/s1. The summed E-state index contributed by atoms with van der Waals surface area (Å²) >= 11 is 0. The van der Waals surface area contributed by atoms with Gasteiger partial charge in [-0.05, 0) is 24.0 Å². The van der Waals surface area contributed by atoms with Crippen molar-refractivity contribution in [2.24, 2.45) is 0 Å². The predicted molar refractivity (Wildman–Crippen MR) is 112 cm³/mol. The molecule has 2 aromatic rings. The molecular formula is C22H32NO3P. The van der Waals surface area contributed by atoms with Gasteiger partial charge in [0, 0.05) is 6.54 Å². The van der Waals surface area contributed by atoms with Gasteiger partial charge in [0.05, 0.1) is 13.2 Å². The topological polar surface area (TPSA) is 47.6 Å². The zero-order chi connectivity index (χ0) is 19.4. The molecule has 27 heavy (non-hydrogen) atoms. The Hall–Kier alpha value is -1.45. The van der Waals surface area contributed by atoms with Gasteiger partial charge in [-0.1, -0.05) is 87.4 Å². The lowest BCUT2D eigenvalue weighted by molar-refractivity contribution is 0.188. The number of hydrogen-bond acceptors (Lipinski definition) is 4. The quantitative estimate of drug-likeness (QED) is 0.322. The molecular weight excluding hydrogens is 357 g/mol. The zero-order valence-electron chi connectivity index (χ0n) is 16.5. The van der Waals surface area contributed by atoms with Crippen LogP contribution >= 0.6 is 7.60 Å². The highest BCUT2D eigenvalue weighted by Crippen LogP contribution is 2.60. The average molecular weight is 389 g/mol. The number of unbranched alkanes of at least 4 members (excludes halogenated alkanes) is 2. The zero-order valence-corrected chi connectivity index (χ0v) is 17.4. The van der Waals surface area contributed by atoms with Crippen molar-refractivity contribution in [2.45, 2.75) is 51.9 Å². The number of rotatable bonds is 13. The van der Waals surface area contributed by atoms with E-state index in [2.05, 4.69) is 31.3 Å². The minimum atomic E-state index is -3.36. The maximum atomic E-state index is 13.8. The Bertz CT molecular complexity index is 664. The van der Waals surface area contributed by atoms with E-state index in [0.717, 1.165) is 36.8 Å². The van der Waals surface area contributed by atoms with Crippen LogP contribution < -0.4 is 5.32 Å². The lowest BCUT2D eigenvalue weighted by atomic mass is 10.2. The third-order valence-electron chi connectivity index (χ3n) is 4.31. The van der Waals surface area contributed by atoms with Crippen molar-refractivity contribution in [3.8, 4) is 0 Å². The minimum absolute atomic E-state index is 0.441. The van der Waals surface area contributed by atoms with E-state index in [9.17, 15) is 4.57 Å². The molecule has 5 heteroatoms. The van der Waals surface area contributed by atoms with Crippen LogP contribution in [0.1, 0.15) is 56.4 Å². The highest BCUT2D eigenvalue weighted by atomic mass is 31.2. The molecule has 2 rings (SSSR count). The van der Waals surface area contributed by atoms with Gasteiger partial charge >= 0.3 is 7.60 Å². The van der Waals surface area contributed by atoms with Gasteiger partial charge in [-0.3, -0.25) is 9.88 Å². The summed E-state index contributed by atoms with van der Waals surface area (Å²) in [5.41, 5.74) is 2.05. The molecule has 0 heterocycles. The molecule has 0 radical (unpaired) electrons. The van der Waals surface area contributed by atoms with Gasteiger partial charge in [0.1, 0.15) is 5.78 Å². The van der Waals surface area contributed by atoms with Crippen LogP contribution in [0.3, 0.4) is 0 Å². The summed E-state index contributed by atoms with van der Waals surface area (Å²) in [6.45, 7) is 5.66. The summed E-state index contributed by atoms with van der Waals surface area (Å²) in [6, 6.07) is 19.9. The molecule has 0 aliphatic carbocycles. The van der Waals surface area contributed by atoms with E-state index in [1.165, 1.54) is 0 Å². The van der Waals surface area contributed by atoms with E-state index in [0.29, 0.717) is 19.8 Å². The highest BCUT2D eigenvalue weighted by molar-refractivity contribution is 7.54. The monoisotopic (exact) mass is 389 g/mol. The second-order valence-electron chi connectivity index (χ2n) is 6.59. The molecule has 0 aliphatic rings. The molecule has 0 aromatic heterocycles.